The summed E-state index contributed by atoms with van der Waals surface area (Å²) in [7, 11) is 4.17. The highest BCUT2D eigenvalue weighted by Crippen LogP contribution is 2.20. The highest BCUT2D eigenvalue weighted by molar-refractivity contribution is 5.97. The predicted molar refractivity (Wildman–Crippen MR) is 88.6 cm³/mol. The number of carbonyl (C=O) groups excluding carboxylic acids is 1. The van der Waals surface area contributed by atoms with Crippen LogP contribution in [0.3, 0.4) is 0 Å². The number of nitrogens with zero attached hydrogens (tertiary/aromatic N) is 5. The van der Waals surface area contributed by atoms with Gasteiger partial charge in [-0.15, -0.1) is 0 Å². The molecule has 3 rings (SSSR count). The van der Waals surface area contributed by atoms with Gasteiger partial charge in [-0.25, -0.2) is 9.67 Å². The Morgan fingerprint density at radius 3 is 2.83 bits per heavy atom. The molecule has 0 N–H and O–H groups in total. The molecule has 1 unspecified atom stereocenters. The molecule has 1 aromatic heterocycles. The number of hydrogen-bond acceptors (Lipinski definition) is 4. The Morgan fingerprint density at radius 2 is 2.09 bits per heavy atom. The third-order valence-corrected chi connectivity index (χ3v) is 4.46. The molecule has 23 heavy (non-hydrogen) atoms. The molecule has 1 amide bonds. The summed E-state index contributed by atoms with van der Waals surface area (Å²) in [5.41, 5.74) is 1.46. The van der Waals surface area contributed by atoms with Gasteiger partial charge in [-0.3, -0.25) is 4.79 Å². The number of aromatic nitrogens is 3. The minimum Gasteiger partial charge on any atom is -0.337 e. The SMILES string of the molecule is CN(C)C1CCCCN(C(=O)c2ccccc2-n2cncn2)C1. The molecule has 1 saturated heterocycles. The van der Waals surface area contributed by atoms with Crippen molar-refractivity contribution in [2.24, 2.45) is 0 Å². The zero-order valence-electron chi connectivity index (χ0n) is 13.7. The number of hydrogen-bond donors (Lipinski definition) is 0. The lowest BCUT2D eigenvalue weighted by atomic mass is 10.1. The first-order valence-corrected chi connectivity index (χ1v) is 8.06. The average molecular weight is 313 g/mol. The van der Waals surface area contributed by atoms with Crippen LogP contribution in [0.2, 0.25) is 0 Å². The Labute approximate surface area is 136 Å². The van der Waals surface area contributed by atoms with E-state index in [1.54, 1.807) is 11.0 Å². The van der Waals surface area contributed by atoms with Gasteiger partial charge in [0.05, 0.1) is 11.3 Å². The number of amides is 1. The summed E-state index contributed by atoms with van der Waals surface area (Å²) in [6.07, 6.45) is 6.47. The molecule has 2 heterocycles. The van der Waals surface area contributed by atoms with Gasteiger partial charge in [0.25, 0.3) is 5.91 Å². The van der Waals surface area contributed by atoms with Gasteiger partial charge in [0.15, 0.2) is 0 Å². The molecule has 0 radical (unpaired) electrons. The lowest BCUT2D eigenvalue weighted by Crippen LogP contribution is -2.42. The molecule has 6 heteroatoms. The minimum absolute atomic E-state index is 0.0739. The van der Waals surface area contributed by atoms with Crippen molar-refractivity contribution in [3.05, 3.63) is 42.5 Å². The van der Waals surface area contributed by atoms with E-state index in [4.69, 9.17) is 0 Å². The van der Waals surface area contributed by atoms with E-state index < -0.39 is 0 Å². The fourth-order valence-corrected chi connectivity index (χ4v) is 3.08. The lowest BCUT2D eigenvalue weighted by molar-refractivity contribution is 0.0725. The van der Waals surface area contributed by atoms with Crippen LogP contribution in [0.25, 0.3) is 5.69 Å². The highest BCUT2D eigenvalue weighted by Gasteiger charge is 2.25. The van der Waals surface area contributed by atoms with E-state index in [2.05, 4.69) is 29.1 Å². The number of likely N-dealkylation sites (tertiary alicyclic amines) is 1. The largest absolute Gasteiger partial charge is 0.337 e. The van der Waals surface area contributed by atoms with Crippen LogP contribution in [0, 0.1) is 0 Å². The van der Waals surface area contributed by atoms with Crippen LogP contribution >= 0.6 is 0 Å². The Morgan fingerprint density at radius 1 is 1.26 bits per heavy atom. The first-order chi connectivity index (χ1) is 11.2. The molecule has 1 aliphatic heterocycles. The van der Waals surface area contributed by atoms with E-state index in [1.165, 1.54) is 6.33 Å². The number of benzene rings is 1. The summed E-state index contributed by atoms with van der Waals surface area (Å²) in [4.78, 5) is 21.3. The average Bonchev–Trinajstić information content (AvgIpc) is 2.98. The minimum atomic E-state index is 0.0739. The van der Waals surface area contributed by atoms with Gasteiger partial charge in [0.1, 0.15) is 12.7 Å². The van der Waals surface area contributed by atoms with Crippen molar-refractivity contribution >= 4 is 5.91 Å². The molecule has 1 fully saturated rings. The molecule has 1 aromatic carbocycles. The zero-order chi connectivity index (χ0) is 16.2. The third kappa shape index (κ3) is 3.42. The van der Waals surface area contributed by atoms with Crippen LogP contribution in [0.5, 0.6) is 0 Å². The van der Waals surface area contributed by atoms with Gasteiger partial charge in [-0.1, -0.05) is 18.6 Å². The molecule has 1 aliphatic rings. The molecule has 0 saturated carbocycles. The monoisotopic (exact) mass is 313 g/mol. The molecule has 2 aromatic rings. The van der Waals surface area contributed by atoms with Gasteiger partial charge in [0.2, 0.25) is 0 Å². The molecular formula is C17H23N5O. The summed E-state index contributed by atoms with van der Waals surface area (Å²) < 4.78 is 1.65. The molecule has 0 bridgehead atoms. The highest BCUT2D eigenvalue weighted by atomic mass is 16.2. The number of para-hydroxylation sites is 1. The Kier molecular flexibility index (Phi) is 4.71. The van der Waals surface area contributed by atoms with E-state index in [0.29, 0.717) is 11.6 Å². The standard InChI is InChI=1S/C17H23N5O/c1-20(2)14-7-5-6-10-21(11-14)17(23)15-8-3-4-9-16(15)22-13-18-12-19-22/h3-4,8-9,12-14H,5-7,10-11H2,1-2H3. The first-order valence-electron chi connectivity index (χ1n) is 8.06. The van der Waals surface area contributed by atoms with Crippen molar-refractivity contribution in [3.63, 3.8) is 0 Å². The Bertz CT molecular complexity index is 653. The smallest absolute Gasteiger partial charge is 0.256 e. The topological polar surface area (TPSA) is 54.3 Å². The van der Waals surface area contributed by atoms with E-state index in [0.717, 1.165) is 38.0 Å². The number of likely N-dealkylation sites (N-methyl/N-ethyl adjacent to an activating group) is 1. The summed E-state index contributed by atoms with van der Waals surface area (Å²) in [5.74, 6) is 0.0739. The van der Waals surface area contributed by atoms with E-state index >= 15 is 0 Å². The fraction of sp³-hybridized carbons (Fsp3) is 0.471. The lowest BCUT2D eigenvalue weighted by Gasteiger charge is -2.29. The van der Waals surface area contributed by atoms with Gasteiger partial charge in [-0.05, 0) is 39.1 Å². The predicted octanol–water partition coefficient (Wildman–Crippen LogP) is 1.82. The summed E-state index contributed by atoms with van der Waals surface area (Å²) in [5, 5.41) is 4.16. The third-order valence-electron chi connectivity index (χ3n) is 4.46. The second-order valence-corrected chi connectivity index (χ2v) is 6.22. The normalized spacial score (nSPS) is 18.9. The second-order valence-electron chi connectivity index (χ2n) is 6.22. The van der Waals surface area contributed by atoms with Gasteiger partial charge >= 0.3 is 0 Å². The quantitative estimate of drug-likeness (QED) is 0.867. The van der Waals surface area contributed by atoms with Crippen LogP contribution in [-0.4, -0.2) is 63.7 Å². The zero-order valence-corrected chi connectivity index (χ0v) is 13.7. The van der Waals surface area contributed by atoms with Crippen LogP contribution in [0.1, 0.15) is 29.6 Å². The van der Waals surface area contributed by atoms with Crippen LogP contribution in [0.4, 0.5) is 0 Å². The Balaban J connectivity index is 1.88. The summed E-state index contributed by atoms with van der Waals surface area (Å²) >= 11 is 0. The maximum absolute atomic E-state index is 13.1. The van der Waals surface area contributed by atoms with E-state index in [1.807, 2.05) is 29.2 Å². The van der Waals surface area contributed by atoms with Crippen LogP contribution in [0.15, 0.2) is 36.9 Å². The van der Waals surface area contributed by atoms with Crippen molar-refractivity contribution in [3.8, 4) is 5.69 Å². The van der Waals surface area contributed by atoms with Gasteiger partial charge in [-0.2, -0.15) is 5.10 Å². The molecule has 0 spiro atoms. The molecule has 1 atom stereocenters. The van der Waals surface area contributed by atoms with E-state index in [9.17, 15) is 4.79 Å². The Hall–Kier alpha value is -2.21. The molecule has 122 valence electrons. The van der Waals surface area contributed by atoms with Crippen molar-refractivity contribution < 1.29 is 4.79 Å². The molecule has 0 aliphatic carbocycles. The molecule has 6 nitrogen and oxygen atoms in total. The van der Waals surface area contributed by atoms with Gasteiger partial charge < -0.3 is 9.80 Å². The van der Waals surface area contributed by atoms with E-state index in [-0.39, 0.29) is 5.91 Å². The summed E-state index contributed by atoms with van der Waals surface area (Å²) in [6, 6.07) is 8.01. The van der Waals surface area contributed by atoms with Crippen molar-refractivity contribution in [1.82, 2.24) is 24.6 Å². The number of carbonyl (C=O) groups is 1. The first kappa shape index (κ1) is 15.7. The number of rotatable bonds is 3. The van der Waals surface area contributed by atoms with Crippen LogP contribution in [-0.2, 0) is 0 Å². The second kappa shape index (κ2) is 6.91. The summed E-state index contributed by atoms with van der Waals surface area (Å²) in [6.45, 7) is 1.59. The maximum Gasteiger partial charge on any atom is 0.256 e. The van der Waals surface area contributed by atoms with Crippen molar-refractivity contribution in [2.75, 3.05) is 27.2 Å². The maximum atomic E-state index is 13.1. The fourth-order valence-electron chi connectivity index (χ4n) is 3.08. The van der Waals surface area contributed by atoms with Crippen LogP contribution < -0.4 is 0 Å². The van der Waals surface area contributed by atoms with Crippen molar-refractivity contribution in [1.29, 1.82) is 0 Å². The van der Waals surface area contributed by atoms with Crippen molar-refractivity contribution in [2.45, 2.75) is 25.3 Å². The molecular weight excluding hydrogens is 290 g/mol. The van der Waals surface area contributed by atoms with Gasteiger partial charge in [0, 0.05) is 19.1 Å².